The number of aliphatic imine (C=N–C) groups is 2. The summed E-state index contributed by atoms with van der Waals surface area (Å²) in [7, 11) is 0. The van der Waals surface area contributed by atoms with Crippen molar-refractivity contribution >= 4 is 72.6 Å². The zero-order chi connectivity index (χ0) is 37.7. The second kappa shape index (κ2) is 13.6. The molecule has 1 N–H and O–H groups in total. The number of para-hydroxylation sites is 3. The first-order valence-corrected chi connectivity index (χ1v) is 19.1. The minimum absolute atomic E-state index is 0.448. The second-order valence-electron chi connectivity index (χ2n) is 14.2. The number of nitrogens with one attached hydrogen (secondary N) is 1. The van der Waals surface area contributed by atoms with Crippen molar-refractivity contribution in [1.29, 1.82) is 0 Å². The Hall–Kier alpha value is -7.70. The van der Waals surface area contributed by atoms with Gasteiger partial charge in [-0.2, -0.15) is 0 Å². The fourth-order valence-electron chi connectivity index (χ4n) is 8.10. The Morgan fingerprint density at radius 2 is 1.02 bits per heavy atom. The first-order valence-electron chi connectivity index (χ1n) is 19.1. The average Bonchev–Trinajstić information content (AvgIpc) is 3.86. The molecule has 0 aliphatic carbocycles. The largest absolute Gasteiger partial charge is 0.456 e. The van der Waals surface area contributed by atoms with Crippen molar-refractivity contribution < 1.29 is 8.83 Å². The van der Waals surface area contributed by atoms with Crippen molar-refractivity contribution in [3.63, 3.8) is 0 Å². The molecule has 10 aromatic rings. The zero-order valence-corrected chi connectivity index (χ0v) is 30.7. The van der Waals surface area contributed by atoms with Gasteiger partial charge in [0.15, 0.2) is 5.84 Å². The molecule has 2 aromatic heterocycles. The molecular weight excluding hydrogens is 701 g/mol. The van der Waals surface area contributed by atoms with Crippen LogP contribution in [0.25, 0.3) is 55.0 Å². The van der Waals surface area contributed by atoms with E-state index in [0.29, 0.717) is 5.84 Å². The standard InChI is InChI=1S/C51H34N4O2/c1-4-14-33(15-5-1)34-26-28-35(29-27-34)49-52-50(41-21-12-24-44-47(41)39-20-10-11-23-43(39)56-44)54-51(53-49)42-22-13-25-45-48(42)40-31-30-38(32-46(40)57-45)55(36-16-6-2-7-17-36)37-18-8-3-9-19-37/h1-32,50H,(H,52,53,54). The third-order valence-corrected chi connectivity index (χ3v) is 10.7. The van der Waals surface area contributed by atoms with Crippen LogP contribution in [0.3, 0.4) is 0 Å². The number of furan rings is 2. The molecule has 0 saturated heterocycles. The maximum absolute atomic E-state index is 6.67. The molecule has 1 atom stereocenters. The summed E-state index contributed by atoms with van der Waals surface area (Å²) >= 11 is 0. The van der Waals surface area contributed by atoms with Gasteiger partial charge in [0.2, 0.25) is 0 Å². The summed E-state index contributed by atoms with van der Waals surface area (Å²) in [5.41, 5.74) is 11.5. The summed E-state index contributed by atoms with van der Waals surface area (Å²) in [6.07, 6.45) is -0.448. The van der Waals surface area contributed by atoms with Gasteiger partial charge in [0.1, 0.15) is 34.3 Å². The number of hydrogen-bond donors (Lipinski definition) is 1. The molecule has 1 unspecified atom stereocenters. The van der Waals surface area contributed by atoms with Crippen molar-refractivity contribution in [3.8, 4) is 11.1 Å². The van der Waals surface area contributed by atoms with E-state index in [1.807, 2.05) is 60.7 Å². The maximum Gasteiger partial charge on any atom is 0.159 e. The monoisotopic (exact) mass is 734 g/mol. The summed E-state index contributed by atoms with van der Waals surface area (Å²) in [6.45, 7) is 0. The van der Waals surface area contributed by atoms with E-state index in [-0.39, 0.29) is 0 Å². The first-order chi connectivity index (χ1) is 28.2. The number of nitrogens with zero attached hydrogens (tertiary/aromatic N) is 3. The van der Waals surface area contributed by atoms with E-state index in [0.717, 1.165) is 94.6 Å². The predicted octanol–water partition coefficient (Wildman–Crippen LogP) is 13.1. The molecule has 6 heteroatoms. The van der Waals surface area contributed by atoms with Crippen molar-refractivity contribution in [2.24, 2.45) is 9.98 Å². The summed E-state index contributed by atoms with van der Waals surface area (Å²) in [4.78, 5) is 12.8. The molecule has 11 rings (SSSR count). The van der Waals surface area contributed by atoms with Gasteiger partial charge >= 0.3 is 0 Å². The van der Waals surface area contributed by atoms with Gasteiger partial charge in [0.05, 0.1) is 0 Å². The van der Waals surface area contributed by atoms with E-state index in [1.165, 1.54) is 0 Å². The van der Waals surface area contributed by atoms with Gasteiger partial charge in [-0.15, -0.1) is 0 Å². The van der Waals surface area contributed by atoms with Crippen LogP contribution in [0, 0.1) is 0 Å². The quantitative estimate of drug-likeness (QED) is 0.177. The number of hydrogen-bond acceptors (Lipinski definition) is 6. The van der Waals surface area contributed by atoms with Crippen LogP contribution >= 0.6 is 0 Å². The van der Waals surface area contributed by atoms with Crippen LogP contribution in [0.1, 0.15) is 22.9 Å². The van der Waals surface area contributed by atoms with Gasteiger partial charge in [-0.3, -0.25) is 0 Å². The van der Waals surface area contributed by atoms with E-state index in [1.54, 1.807) is 0 Å². The molecule has 3 heterocycles. The highest BCUT2D eigenvalue weighted by atomic mass is 16.3. The minimum atomic E-state index is -0.448. The summed E-state index contributed by atoms with van der Waals surface area (Å²) in [5.74, 6) is 1.36. The molecule has 0 spiro atoms. The molecule has 0 bridgehead atoms. The molecule has 57 heavy (non-hydrogen) atoms. The van der Waals surface area contributed by atoms with Crippen molar-refractivity contribution in [1.82, 2.24) is 5.32 Å². The van der Waals surface area contributed by atoms with Crippen LogP contribution in [-0.2, 0) is 0 Å². The van der Waals surface area contributed by atoms with E-state index in [4.69, 9.17) is 18.8 Å². The smallest absolute Gasteiger partial charge is 0.159 e. The average molecular weight is 735 g/mol. The van der Waals surface area contributed by atoms with Crippen molar-refractivity contribution in [2.75, 3.05) is 4.90 Å². The van der Waals surface area contributed by atoms with Gasteiger partial charge < -0.3 is 19.1 Å². The molecular formula is C51H34N4O2. The van der Waals surface area contributed by atoms with Crippen LogP contribution in [0.4, 0.5) is 17.1 Å². The van der Waals surface area contributed by atoms with Crippen LogP contribution in [-0.4, -0.2) is 11.7 Å². The lowest BCUT2D eigenvalue weighted by atomic mass is 10.0. The van der Waals surface area contributed by atoms with Crippen LogP contribution in [0.2, 0.25) is 0 Å². The van der Waals surface area contributed by atoms with E-state index < -0.39 is 6.17 Å². The van der Waals surface area contributed by atoms with Gasteiger partial charge in [-0.1, -0.05) is 133 Å². The molecule has 8 aromatic carbocycles. The number of anilines is 3. The molecule has 0 amide bonds. The van der Waals surface area contributed by atoms with Crippen molar-refractivity contribution in [2.45, 2.75) is 6.17 Å². The molecule has 0 fully saturated rings. The Bertz CT molecular complexity index is 3110. The Labute approximate surface area is 328 Å². The predicted molar refractivity (Wildman–Crippen MR) is 233 cm³/mol. The number of fused-ring (bicyclic) bond motifs is 6. The molecule has 270 valence electrons. The lowest BCUT2D eigenvalue weighted by molar-refractivity contribution is 0.662. The highest BCUT2D eigenvalue weighted by Crippen LogP contribution is 2.40. The van der Waals surface area contributed by atoms with Crippen LogP contribution in [0.15, 0.2) is 213 Å². The Morgan fingerprint density at radius 1 is 0.439 bits per heavy atom. The summed E-state index contributed by atoms with van der Waals surface area (Å²) in [6, 6.07) is 66.7. The van der Waals surface area contributed by atoms with Gasteiger partial charge in [0.25, 0.3) is 0 Å². The summed E-state index contributed by atoms with van der Waals surface area (Å²) < 4.78 is 13.0. The van der Waals surface area contributed by atoms with Gasteiger partial charge in [-0.25, -0.2) is 9.98 Å². The van der Waals surface area contributed by atoms with E-state index >= 15 is 0 Å². The minimum Gasteiger partial charge on any atom is -0.456 e. The van der Waals surface area contributed by atoms with Gasteiger partial charge in [-0.05, 0) is 65.7 Å². The van der Waals surface area contributed by atoms with E-state index in [9.17, 15) is 0 Å². The Kier molecular flexibility index (Phi) is 7.78. The SMILES string of the molecule is c1ccc(-c2ccc(C3=NC(c4cccc5oc6ccccc6c45)NC(c4cccc5oc6cc(N(c7ccccc7)c7ccccc7)ccc6c45)=N3)cc2)cc1. The van der Waals surface area contributed by atoms with Crippen molar-refractivity contribution in [3.05, 3.63) is 211 Å². The van der Waals surface area contributed by atoms with Gasteiger partial charge in [0, 0.05) is 61.4 Å². The third kappa shape index (κ3) is 5.74. The topological polar surface area (TPSA) is 66.3 Å². The molecule has 1 aliphatic rings. The van der Waals surface area contributed by atoms with Crippen LogP contribution in [0.5, 0.6) is 0 Å². The third-order valence-electron chi connectivity index (χ3n) is 10.7. The Morgan fingerprint density at radius 3 is 1.77 bits per heavy atom. The molecule has 0 saturated carbocycles. The Balaban J connectivity index is 1.06. The lowest BCUT2D eigenvalue weighted by Crippen LogP contribution is -2.33. The highest BCUT2D eigenvalue weighted by Gasteiger charge is 2.27. The van der Waals surface area contributed by atoms with E-state index in [2.05, 4.69) is 144 Å². The zero-order valence-electron chi connectivity index (χ0n) is 30.7. The maximum atomic E-state index is 6.67. The highest BCUT2D eigenvalue weighted by molar-refractivity contribution is 6.22. The second-order valence-corrected chi connectivity index (χ2v) is 14.2. The number of amidine groups is 2. The first kappa shape index (κ1) is 32.7. The number of benzene rings is 8. The normalized spacial score (nSPS) is 14.1. The lowest BCUT2D eigenvalue weighted by Gasteiger charge is -2.25. The molecule has 0 radical (unpaired) electrons. The molecule has 6 nitrogen and oxygen atoms in total. The fraction of sp³-hybridized carbons (Fsp3) is 0.0196. The molecule has 1 aliphatic heterocycles. The number of rotatable bonds is 7. The summed E-state index contributed by atoms with van der Waals surface area (Å²) in [5, 5.41) is 7.84. The van der Waals surface area contributed by atoms with Crippen LogP contribution < -0.4 is 10.2 Å². The fourth-order valence-corrected chi connectivity index (χ4v) is 8.10.